The molecule has 0 spiro atoms. The molecule has 0 bridgehead atoms. The Kier molecular flexibility index (Phi) is 9.33. The van der Waals surface area contributed by atoms with Gasteiger partial charge in [-0.15, -0.1) is 0 Å². The quantitative estimate of drug-likeness (QED) is 0.103. The van der Waals surface area contributed by atoms with E-state index in [2.05, 4.69) is 16.0 Å². The highest BCUT2D eigenvalue weighted by atomic mass is 16.5. The third kappa shape index (κ3) is 6.61. The van der Waals surface area contributed by atoms with Crippen molar-refractivity contribution in [3.05, 3.63) is 132 Å². The van der Waals surface area contributed by atoms with Gasteiger partial charge in [0.2, 0.25) is 0 Å². The fraction of sp³-hybridized carbons (Fsp3) is 0.108. The van der Waals surface area contributed by atoms with Crippen LogP contribution >= 0.6 is 0 Å². The van der Waals surface area contributed by atoms with Gasteiger partial charge in [0.05, 0.1) is 30.2 Å². The maximum atomic E-state index is 13.4. The Balaban J connectivity index is 1.66. The van der Waals surface area contributed by atoms with Crippen molar-refractivity contribution in [2.24, 2.45) is 0 Å². The standard InChI is InChI=1S/C37H31N3O4/c1-3-43-33-17-11-16-31(24-33)39-36(41)30(25-38)22-29-23-34(26-12-7-5-8-13-26)40(35(29)27-14-9-6-10-15-27)32-20-18-28(19-21-32)37(42)44-4-2/h5-24H,3-4H2,1-2H3,(H,39,41)/b30-22-. The molecule has 44 heavy (non-hydrogen) atoms. The summed E-state index contributed by atoms with van der Waals surface area (Å²) in [6.45, 7) is 4.44. The van der Waals surface area contributed by atoms with E-state index >= 15 is 0 Å². The van der Waals surface area contributed by atoms with Gasteiger partial charge in [0.25, 0.3) is 5.91 Å². The van der Waals surface area contributed by atoms with Crippen LogP contribution in [0.4, 0.5) is 5.69 Å². The van der Waals surface area contributed by atoms with Crippen LogP contribution in [-0.2, 0) is 9.53 Å². The molecule has 1 N–H and O–H groups in total. The summed E-state index contributed by atoms with van der Waals surface area (Å²) in [5.41, 5.74) is 5.85. The number of anilines is 1. The molecule has 0 fully saturated rings. The molecule has 0 aliphatic carbocycles. The Labute approximate surface area is 256 Å². The summed E-state index contributed by atoms with van der Waals surface area (Å²) >= 11 is 0. The molecule has 0 saturated heterocycles. The number of ether oxygens (including phenoxy) is 2. The van der Waals surface area contributed by atoms with Gasteiger partial charge >= 0.3 is 5.97 Å². The van der Waals surface area contributed by atoms with E-state index in [9.17, 15) is 14.9 Å². The number of rotatable bonds is 10. The minimum atomic E-state index is -0.534. The first-order valence-electron chi connectivity index (χ1n) is 14.3. The van der Waals surface area contributed by atoms with Gasteiger partial charge in [0.15, 0.2) is 0 Å². The number of amides is 1. The van der Waals surface area contributed by atoms with E-state index in [0.717, 1.165) is 28.2 Å². The second kappa shape index (κ2) is 13.9. The number of carbonyl (C=O) groups excluding carboxylic acids is 2. The molecular formula is C37H31N3O4. The van der Waals surface area contributed by atoms with Crippen LogP contribution in [0.3, 0.4) is 0 Å². The average Bonchev–Trinajstić information content (AvgIpc) is 3.44. The smallest absolute Gasteiger partial charge is 0.338 e. The average molecular weight is 582 g/mol. The molecule has 0 aliphatic heterocycles. The zero-order valence-corrected chi connectivity index (χ0v) is 24.5. The number of aromatic nitrogens is 1. The molecule has 5 rings (SSSR count). The molecule has 0 atom stereocenters. The molecule has 0 radical (unpaired) electrons. The number of hydrogen-bond acceptors (Lipinski definition) is 5. The number of nitrogens with zero attached hydrogens (tertiary/aromatic N) is 2. The molecule has 5 aromatic rings. The van der Waals surface area contributed by atoms with Crippen molar-refractivity contribution in [2.45, 2.75) is 13.8 Å². The maximum Gasteiger partial charge on any atom is 0.338 e. The topological polar surface area (TPSA) is 93.4 Å². The van der Waals surface area contributed by atoms with Gasteiger partial charge in [-0.1, -0.05) is 66.7 Å². The van der Waals surface area contributed by atoms with E-state index in [0.29, 0.717) is 29.2 Å². The van der Waals surface area contributed by atoms with Crippen molar-refractivity contribution < 1.29 is 19.1 Å². The third-order valence-electron chi connectivity index (χ3n) is 6.85. The van der Waals surface area contributed by atoms with Crippen molar-refractivity contribution in [2.75, 3.05) is 18.5 Å². The van der Waals surface area contributed by atoms with E-state index in [4.69, 9.17) is 9.47 Å². The Morgan fingerprint density at radius 2 is 1.50 bits per heavy atom. The maximum absolute atomic E-state index is 13.4. The number of nitrogens with one attached hydrogen (secondary N) is 1. The van der Waals surface area contributed by atoms with Crippen LogP contribution < -0.4 is 10.1 Å². The van der Waals surface area contributed by atoms with Crippen LogP contribution in [0.25, 0.3) is 34.3 Å². The monoisotopic (exact) mass is 581 g/mol. The summed E-state index contributed by atoms with van der Waals surface area (Å²) in [4.78, 5) is 25.7. The van der Waals surface area contributed by atoms with Crippen molar-refractivity contribution >= 4 is 23.6 Å². The summed E-state index contributed by atoms with van der Waals surface area (Å²) in [7, 11) is 0. The van der Waals surface area contributed by atoms with Gasteiger partial charge in [-0.05, 0) is 73.5 Å². The van der Waals surface area contributed by atoms with E-state index < -0.39 is 11.9 Å². The molecule has 1 heterocycles. The number of hydrogen-bond donors (Lipinski definition) is 1. The van der Waals surface area contributed by atoms with Crippen LogP contribution in [0.15, 0.2) is 121 Å². The highest BCUT2D eigenvalue weighted by Gasteiger charge is 2.21. The van der Waals surface area contributed by atoms with Gasteiger partial charge in [-0.2, -0.15) is 5.26 Å². The minimum Gasteiger partial charge on any atom is -0.494 e. The summed E-state index contributed by atoms with van der Waals surface area (Å²) in [5.74, 6) is -0.302. The van der Waals surface area contributed by atoms with Gasteiger partial charge in [-0.25, -0.2) is 4.79 Å². The molecule has 0 saturated carbocycles. The number of nitriles is 1. The first-order valence-corrected chi connectivity index (χ1v) is 14.3. The van der Waals surface area contributed by atoms with E-state index in [1.807, 2.05) is 85.8 Å². The Bertz CT molecular complexity index is 1830. The molecule has 7 heteroatoms. The van der Waals surface area contributed by atoms with E-state index in [1.165, 1.54) is 0 Å². The molecule has 0 aliphatic rings. The molecule has 0 unspecified atom stereocenters. The van der Waals surface area contributed by atoms with E-state index in [1.54, 1.807) is 49.4 Å². The molecule has 7 nitrogen and oxygen atoms in total. The first-order chi connectivity index (χ1) is 21.5. The Morgan fingerprint density at radius 1 is 0.818 bits per heavy atom. The van der Waals surface area contributed by atoms with Gasteiger partial charge in [0.1, 0.15) is 17.4 Å². The highest BCUT2D eigenvalue weighted by Crippen LogP contribution is 2.37. The molecule has 218 valence electrons. The Morgan fingerprint density at radius 3 is 2.14 bits per heavy atom. The van der Waals surface area contributed by atoms with Crippen LogP contribution in [0.2, 0.25) is 0 Å². The van der Waals surface area contributed by atoms with Crippen LogP contribution in [0.5, 0.6) is 5.75 Å². The summed E-state index contributed by atoms with van der Waals surface area (Å²) in [5, 5.41) is 12.9. The first kappa shape index (κ1) is 29.6. The predicted octanol–water partition coefficient (Wildman–Crippen LogP) is 7.93. The molecular weight excluding hydrogens is 550 g/mol. The van der Waals surface area contributed by atoms with Gasteiger partial charge in [-0.3, -0.25) is 4.79 Å². The van der Waals surface area contributed by atoms with Gasteiger partial charge < -0.3 is 19.4 Å². The summed E-state index contributed by atoms with van der Waals surface area (Å²) < 4.78 is 12.8. The zero-order chi connectivity index (χ0) is 30.9. The molecule has 1 aromatic heterocycles. The summed E-state index contributed by atoms with van der Waals surface area (Å²) in [6.07, 6.45) is 1.61. The molecule has 1 amide bonds. The van der Waals surface area contributed by atoms with Crippen LogP contribution in [0, 0.1) is 11.3 Å². The van der Waals surface area contributed by atoms with Crippen LogP contribution in [-0.4, -0.2) is 29.7 Å². The van der Waals surface area contributed by atoms with E-state index in [-0.39, 0.29) is 12.2 Å². The third-order valence-corrected chi connectivity index (χ3v) is 6.85. The lowest BCUT2D eigenvalue weighted by molar-refractivity contribution is -0.112. The second-order valence-electron chi connectivity index (χ2n) is 9.75. The normalized spacial score (nSPS) is 11.0. The predicted molar refractivity (Wildman–Crippen MR) is 172 cm³/mol. The zero-order valence-electron chi connectivity index (χ0n) is 24.5. The number of esters is 1. The van der Waals surface area contributed by atoms with Crippen LogP contribution in [0.1, 0.15) is 29.8 Å². The van der Waals surface area contributed by atoms with Crippen molar-refractivity contribution in [1.82, 2.24) is 4.57 Å². The lowest BCUT2D eigenvalue weighted by Gasteiger charge is -2.15. The fourth-order valence-electron chi connectivity index (χ4n) is 4.91. The second-order valence-corrected chi connectivity index (χ2v) is 9.75. The SMILES string of the molecule is CCOC(=O)c1ccc(-n2c(-c3ccccc3)cc(/C=C(/C#N)C(=O)Nc3cccc(OCC)c3)c2-c2ccccc2)cc1. The molecule has 4 aromatic carbocycles. The lowest BCUT2D eigenvalue weighted by Crippen LogP contribution is -2.13. The van der Waals surface area contributed by atoms with Crippen molar-refractivity contribution in [3.8, 4) is 40.0 Å². The highest BCUT2D eigenvalue weighted by molar-refractivity contribution is 6.10. The fourth-order valence-corrected chi connectivity index (χ4v) is 4.91. The van der Waals surface area contributed by atoms with Gasteiger partial charge in [0, 0.05) is 23.0 Å². The summed E-state index contributed by atoms with van der Waals surface area (Å²) in [6, 6.07) is 37.9. The largest absolute Gasteiger partial charge is 0.494 e. The van der Waals surface area contributed by atoms with Crippen molar-refractivity contribution in [1.29, 1.82) is 5.26 Å². The Hall–Kier alpha value is -5.87. The number of benzene rings is 4. The van der Waals surface area contributed by atoms with Crippen molar-refractivity contribution in [3.63, 3.8) is 0 Å². The minimum absolute atomic E-state index is 0.0570. The number of carbonyl (C=O) groups is 2. The lowest BCUT2D eigenvalue weighted by atomic mass is 10.0.